The van der Waals surface area contributed by atoms with Gasteiger partial charge in [0, 0.05) is 32.0 Å². The summed E-state index contributed by atoms with van der Waals surface area (Å²) in [6.45, 7) is 5.81. The second-order valence-corrected chi connectivity index (χ2v) is 8.35. The summed E-state index contributed by atoms with van der Waals surface area (Å²) in [7, 11) is 1.53. The highest BCUT2D eigenvalue weighted by Gasteiger charge is 2.19. The molecule has 8 nitrogen and oxygen atoms in total. The van der Waals surface area contributed by atoms with E-state index in [0.29, 0.717) is 23.2 Å². The van der Waals surface area contributed by atoms with Gasteiger partial charge in [-0.3, -0.25) is 19.5 Å². The van der Waals surface area contributed by atoms with Gasteiger partial charge >= 0.3 is 0 Å². The van der Waals surface area contributed by atoms with Gasteiger partial charge in [0.15, 0.2) is 5.62 Å². The number of likely N-dealkylation sites (N-methyl/N-ethyl adjacent to an activating group) is 1. The third kappa shape index (κ3) is 7.15. The SMILES string of the molecule is CNC(=O)/C(=C/c1ccnc(NCC2CCN(Cc3cccc(C)n3)CC2)n1)SC=O. The molecule has 1 aliphatic rings. The molecule has 31 heavy (non-hydrogen) atoms. The number of rotatable bonds is 9. The maximum absolute atomic E-state index is 11.9. The Bertz CT molecular complexity index is 928. The minimum atomic E-state index is -0.321. The number of amides is 1. The van der Waals surface area contributed by atoms with E-state index in [1.165, 1.54) is 7.05 Å². The number of hydrogen-bond acceptors (Lipinski definition) is 8. The van der Waals surface area contributed by atoms with E-state index in [9.17, 15) is 9.59 Å². The number of aromatic nitrogens is 3. The van der Waals surface area contributed by atoms with E-state index >= 15 is 0 Å². The van der Waals surface area contributed by atoms with Crippen LogP contribution in [-0.2, 0) is 16.1 Å². The lowest BCUT2D eigenvalue weighted by Gasteiger charge is -2.31. The monoisotopic (exact) mass is 440 g/mol. The van der Waals surface area contributed by atoms with Gasteiger partial charge in [0.05, 0.1) is 16.3 Å². The van der Waals surface area contributed by atoms with Gasteiger partial charge in [0.2, 0.25) is 5.95 Å². The fourth-order valence-corrected chi connectivity index (χ4v) is 4.00. The topological polar surface area (TPSA) is 100 Å². The van der Waals surface area contributed by atoms with Crippen molar-refractivity contribution in [1.29, 1.82) is 0 Å². The van der Waals surface area contributed by atoms with Gasteiger partial charge in [-0.2, -0.15) is 0 Å². The number of aryl methyl sites for hydroxylation is 1. The van der Waals surface area contributed by atoms with Gasteiger partial charge in [0.25, 0.3) is 5.91 Å². The molecule has 164 valence electrons. The van der Waals surface area contributed by atoms with E-state index in [2.05, 4.69) is 42.6 Å². The van der Waals surface area contributed by atoms with Crippen molar-refractivity contribution in [3.05, 3.63) is 52.4 Å². The number of hydrogen-bond donors (Lipinski definition) is 2. The van der Waals surface area contributed by atoms with Crippen LogP contribution in [0.2, 0.25) is 0 Å². The van der Waals surface area contributed by atoms with Crippen LogP contribution in [0.4, 0.5) is 5.95 Å². The van der Waals surface area contributed by atoms with Crippen molar-refractivity contribution < 1.29 is 9.59 Å². The molecule has 1 saturated heterocycles. The average Bonchev–Trinajstić information content (AvgIpc) is 2.78. The van der Waals surface area contributed by atoms with Crippen LogP contribution in [0.3, 0.4) is 0 Å². The van der Waals surface area contributed by atoms with Crippen molar-refractivity contribution in [3.63, 3.8) is 0 Å². The molecule has 1 aliphatic heterocycles. The quantitative estimate of drug-likeness (QED) is 0.453. The Labute approximate surface area is 187 Å². The Morgan fingerprint density at radius 3 is 2.77 bits per heavy atom. The molecular weight excluding hydrogens is 412 g/mol. The lowest BCUT2D eigenvalue weighted by Crippen LogP contribution is -2.35. The average molecular weight is 441 g/mol. The number of nitrogens with one attached hydrogen (secondary N) is 2. The predicted molar refractivity (Wildman–Crippen MR) is 124 cm³/mol. The Kier molecular flexibility index (Phi) is 8.54. The lowest BCUT2D eigenvalue weighted by atomic mass is 9.96. The molecule has 0 bridgehead atoms. The normalized spacial score (nSPS) is 15.5. The first-order valence-corrected chi connectivity index (χ1v) is 11.2. The molecule has 0 unspecified atom stereocenters. The molecule has 1 amide bonds. The summed E-state index contributed by atoms with van der Waals surface area (Å²) < 4.78 is 0. The van der Waals surface area contributed by atoms with Gasteiger partial charge in [-0.15, -0.1) is 0 Å². The molecule has 1 fully saturated rings. The number of carbonyl (C=O) groups is 2. The van der Waals surface area contributed by atoms with Crippen LogP contribution >= 0.6 is 11.8 Å². The van der Waals surface area contributed by atoms with Gasteiger partial charge < -0.3 is 10.6 Å². The number of pyridine rings is 1. The second kappa shape index (κ2) is 11.6. The van der Waals surface area contributed by atoms with Crippen LogP contribution in [0.5, 0.6) is 0 Å². The predicted octanol–water partition coefficient (Wildman–Crippen LogP) is 2.51. The minimum absolute atomic E-state index is 0.289. The van der Waals surface area contributed by atoms with Gasteiger partial charge in [-0.1, -0.05) is 6.07 Å². The zero-order chi connectivity index (χ0) is 22.1. The van der Waals surface area contributed by atoms with Crippen molar-refractivity contribution in [2.24, 2.45) is 5.92 Å². The first-order valence-electron chi connectivity index (χ1n) is 10.3. The molecule has 2 N–H and O–H groups in total. The zero-order valence-electron chi connectivity index (χ0n) is 17.9. The molecule has 0 radical (unpaired) electrons. The Morgan fingerprint density at radius 2 is 2.06 bits per heavy atom. The zero-order valence-corrected chi connectivity index (χ0v) is 18.7. The van der Waals surface area contributed by atoms with Gasteiger partial charge in [-0.25, -0.2) is 9.97 Å². The molecule has 0 aliphatic carbocycles. The standard InChI is InChI=1S/C22H28N6O2S/c1-16-4-3-5-19(26-16)14-28-10-7-17(8-11-28)13-25-22-24-9-6-18(27-22)12-20(31-15-29)21(30)23-2/h3-6,9,12,15,17H,7-8,10-11,13-14H2,1-2H3,(H,23,30)(H,24,25,27)/b20-12-. The summed E-state index contributed by atoms with van der Waals surface area (Å²) in [6.07, 6.45) is 5.44. The first-order chi connectivity index (χ1) is 15.1. The minimum Gasteiger partial charge on any atom is -0.355 e. The number of piperidine rings is 1. The summed E-state index contributed by atoms with van der Waals surface area (Å²) in [5.74, 6) is 0.752. The van der Waals surface area contributed by atoms with Gasteiger partial charge in [-0.05, 0) is 74.8 Å². The highest BCUT2D eigenvalue weighted by molar-refractivity contribution is 8.16. The van der Waals surface area contributed by atoms with Crippen LogP contribution in [0.15, 0.2) is 35.4 Å². The van der Waals surface area contributed by atoms with Crippen molar-refractivity contribution in [3.8, 4) is 0 Å². The highest BCUT2D eigenvalue weighted by Crippen LogP contribution is 2.20. The lowest BCUT2D eigenvalue weighted by molar-refractivity contribution is -0.116. The van der Waals surface area contributed by atoms with E-state index in [4.69, 9.17) is 0 Å². The maximum Gasteiger partial charge on any atom is 0.257 e. The summed E-state index contributed by atoms with van der Waals surface area (Å²) in [6, 6.07) is 7.88. The fourth-order valence-electron chi connectivity index (χ4n) is 3.50. The van der Waals surface area contributed by atoms with E-state index in [1.807, 2.05) is 13.0 Å². The van der Waals surface area contributed by atoms with Crippen LogP contribution in [-0.4, -0.2) is 58.1 Å². The van der Waals surface area contributed by atoms with Crippen molar-refractivity contribution in [2.45, 2.75) is 26.3 Å². The van der Waals surface area contributed by atoms with E-state index in [1.54, 1.807) is 18.3 Å². The highest BCUT2D eigenvalue weighted by atomic mass is 32.2. The van der Waals surface area contributed by atoms with Crippen molar-refractivity contribution in [1.82, 2.24) is 25.2 Å². The number of thioether (sulfide) groups is 1. The first kappa shape index (κ1) is 22.9. The Hall–Kier alpha value is -2.78. The number of likely N-dealkylation sites (tertiary alicyclic amines) is 1. The molecule has 2 aromatic rings. The fraction of sp³-hybridized carbons (Fsp3) is 0.409. The van der Waals surface area contributed by atoms with Crippen LogP contribution in [0, 0.1) is 12.8 Å². The summed E-state index contributed by atoms with van der Waals surface area (Å²) in [4.78, 5) is 38.7. The van der Waals surface area contributed by atoms with Crippen molar-refractivity contribution in [2.75, 3.05) is 32.0 Å². The van der Waals surface area contributed by atoms with E-state index in [-0.39, 0.29) is 10.8 Å². The number of anilines is 1. The third-order valence-corrected chi connectivity index (χ3v) is 5.82. The molecular formula is C22H28N6O2S. The van der Waals surface area contributed by atoms with Crippen molar-refractivity contribution >= 4 is 35.3 Å². The number of nitrogens with zero attached hydrogens (tertiary/aromatic N) is 4. The van der Waals surface area contributed by atoms with E-state index in [0.717, 1.165) is 62.2 Å². The molecule has 3 heterocycles. The summed E-state index contributed by atoms with van der Waals surface area (Å²) in [5.41, 5.74) is 3.38. The molecule has 9 heteroatoms. The van der Waals surface area contributed by atoms with Crippen LogP contribution in [0.25, 0.3) is 6.08 Å². The van der Waals surface area contributed by atoms with E-state index < -0.39 is 0 Å². The molecule has 0 aromatic carbocycles. The third-order valence-electron chi connectivity index (χ3n) is 5.17. The Balaban J connectivity index is 1.50. The second-order valence-electron chi connectivity index (χ2n) is 7.48. The molecule has 3 rings (SSSR count). The maximum atomic E-state index is 11.9. The molecule has 0 spiro atoms. The molecule has 0 saturated carbocycles. The summed E-state index contributed by atoms with van der Waals surface area (Å²) in [5, 5.41) is 5.84. The largest absolute Gasteiger partial charge is 0.355 e. The van der Waals surface area contributed by atoms with Crippen LogP contribution < -0.4 is 10.6 Å². The Morgan fingerprint density at radius 1 is 1.26 bits per heavy atom. The smallest absolute Gasteiger partial charge is 0.257 e. The van der Waals surface area contributed by atoms with Crippen LogP contribution in [0.1, 0.15) is 29.9 Å². The number of carbonyl (C=O) groups excluding carboxylic acids is 2. The summed E-state index contributed by atoms with van der Waals surface area (Å²) >= 11 is 0.826. The van der Waals surface area contributed by atoms with Gasteiger partial charge in [0.1, 0.15) is 0 Å². The molecule has 0 atom stereocenters. The molecule has 2 aromatic heterocycles.